The summed E-state index contributed by atoms with van der Waals surface area (Å²) in [6, 6.07) is 19.3. The van der Waals surface area contributed by atoms with Gasteiger partial charge in [0.25, 0.3) is 0 Å². The maximum atomic E-state index is 11.1. The number of hydrogen-bond acceptors (Lipinski definition) is 6. The predicted octanol–water partition coefficient (Wildman–Crippen LogP) is 4.52. The van der Waals surface area contributed by atoms with Crippen LogP contribution in [0.2, 0.25) is 0 Å². The summed E-state index contributed by atoms with van der Waals surface area (Å²) in [7, 11) is 0. The molecule has 2 aromatic carbocycles. The van der Waals surface area contributed by atoms with E-state index < -0.39 is 6.10 Å². The van der Waals surface area contributed by atoms with Crippen LogP contribution < -0.4 is 10.2 Å². The fraction of sp³-hybridized carbons (Fsp3) is 0.429. The molecule has 3 aromatic rings. The maximum Gasteiger partial charge on any atom is 0.135 e. The first kappa shape index (κ1) is 22.8. The molecule has 2 atom stereocenters. The molecule has 0 aliphatic carbocycles. The molecule has 6 heteroatoms. The summed E-state index contributed by atoms with van der Waals surface area (Å²) in [6.45, 7) is 10.0. The number of aromatic nitrogens is 2. The van der Waals surface area contributed by atoms with Gasteiger partial charge >= 0.3 is 0 Å². The summed E-state index contributed by atoms with van der Waals surface area (Å²) in [4.78, 5) is 13.6. The van der Waals surface area contributed by atoms with Crippen LogP contribution in [0.1, 0.15) is 43.9 Å². The number of β-amino-alcohol motifs (C(OH)–C–C–N with tert-alkyl or cyclic N) is 1. The Morgan fingerprint density at radius 1 is 0.971 bits per heavy atom. The largest absolute Gasteiger partial charge is 0.390 e. The second-order valence-electron chi connectivity index (χ2n) is 10.6. The third-order valence-corrected chi connectivity index (χ3v) is 7.15. The molecule has 34 heavy (non-hydrogen) atoms. The van der Waals surface area contributed by atoms with E-state index in [1.807, 2.05) is 6.07 Å². The van der Waals surface area contributed by atoms with E-state index >= 15 is 0 Å². The summed E-state index contributed by atoms with van der Waals surface area (Å²) in [5.41, 5.74) is 5.22. The quantitative estimate of drug-likeness (QED) is 0.601. The summed E-state index contributed by atoms with van der Waals surface area (Å²) >= 11 is 0. The molecule has 2 N–H and O–H groups in total. The van der Waals surface area contributed by atoms with Gasteiger partial charge in [-0.3, -0.25) is 4.90 Å². The number of hydrogen-bond donors (Lipinski definition) is 2. The van der Waals surface area contributed by atoms with E-state index in [1.165, 1.54) is 16.7 Å². The van der Waals surface area contributed by atoms with Crippen LogP contribution in [0.3, 0.4) is 0 Å². The molecule has 0 amide bonds. The van der Waals surface area contributed by atoms with Gasteiger partial charge in [0.05, 0.1) is 6.10 Å². The smallest absolute Gasteiger partial charge is 0.135 e. The number of aliphatic hydroxyl groups is 1. The zero-order chi connectivity index (χ0) is 23.7. The van der Waals surface area contributed by atoms with Crippen molar-refractivity contribution in [3.8, 4) is 0 Å². The zero-order valence-electron chi connectivity index (χ0n) is 20.4. The van der Waals surface area contributed by atoms with E-state index in [0.29, 0.717) is 6.54 Å². The van der Waals surface area contributed by atoms with Gasteiger partial charge in [-0.15, -0.1) is 0 Å². The molecule has 1 unspecified atom stereocenters. The first-order valence-electron chi connectivity index (χ1n) is 12.3. The minimum absolute atomic E-state index is 0.0887. The Labute approximate surface area is 202 Å². The molecule has 0 radical (unpaired) electrons. The van der Waals surface area contributed by atoms with Crippen molar-refractivity contribution >= 4 is 17.3 Å². The monoisotopic (exact) mass is 457 g/mol. The molecule has 0 saturated carbocycles. The molecule has 1 saturated heterocycles. The molecule has 2 aliphatic heterocycles. The molecular weight excluding hydrogens is 422 g/mol. The number of piperidine rings is 1. The number of aliphatic hydroxyl groups excluding tert-OH is 1. The molecule has 178 valence electrons. The van der Waals surface area contributed by atoms with Gasteiger partial charge in [-0.25, -0.2) is 9.97 Å². The van der Waals surface area contributed by atoms with Crippen molar-refractivity contribution in [2.24, 2.45) is 0 Å². The lowest BCUT2D eigenvalue weighted by atomic mass is 9.87. The van der Waals surface area contributed by atoms with Crippen molar-refractivity contribution in [2.45, 2.75) is 57.7 Å². The fourth-order valence-electron chi connectivity index (χ4n) is 5.15. The molecule has 5 rings (SSSR count). The van der Waals surface area contributed by atoms with Crippen molar-refractivity contribution in [1.29, 1.82) is 0 Å². The average Bonchev–Trinajstić information content (AvgIpc) is 2.83. The van der Waals surface area contributed by atoms with Gasteiger partial charge in [-0.1, -0.05) is 57.2 Å². The SMILES string of the molecule is CC(C)(C)c1cccc(Nc2cc(N3CCC(N4CCc5ccccc5C4)[C@@H](O)C3)ncn2)c1. The lowest BCUT2D eigenvalue weighted by Crippen LogP contribution is -2.55. The highest BCUT2D eigenvalue weighted by molar-refractivity contribution is 5.60. The Kier molecular flexibility index (Phi) is 6.28. The van der Waals surface area contributed by atoms with Crippen LogP contribution >= 0.6 is 0 Å². The molecule has 1 fully saturated rings. The van der Waals surface area contributed by atoms with Crippen molar-refractivity contribution in [3.05, 3.63) is 77.6 Å². The second kappa shape index (κ2) is 9.35. The van der Waals surface area contributed by atoms with Crippen LogP contribution in [-0.4, -0.2) is 51.8 Å². The molecule has 3 heterocycles. The highest BCUT2D eigenvalue weighted by atomic mass is 16.3. The zero-order valence-corrected chi connectivity index (χ0v) is 20.4. The van der Waals surface area contributed by atoms with E-state index in [1.54, 1.807) is 6.33 Å². The van der Waals surface area contributed by atoms with Gasteiger partial charge in [-0.05, 0) is 47.1 Å². The minimum atomic E-state index is -0.408. The van der Waals surface area contributed by atoms with Crippen molar-refractivity contribution in [1.82, 2.24) is 14.9 Å². The predicted molar refractivity (Wildman–Crippen MR) is 138 cm³/mol. The van der Waals surface area contributed by atoms with E-state index in [9.17, 15) is 5.11 Å². The van der Waals surface area contributed by atoms with Crippen LogP contribution in [0, 0.1) is 0 Å². The van der Waals surface area contributed by atoms with Gasteiger partial charge in [0.15, 0.2) is 0 Å². The van der Waals surface area contributed by atoms with Gasteiger partial charge in [0.1, 0.15) is 18.0 Å². The van der Waals surface area contributed by atoms with Gasteiger partial charge in [0.2, 0.25) is 0 Å². The molecule has 0 spiro atoms. The van der Waals surface area contributed by atoms with Crippen molar-refractivity contribution in [2.75, 3.05) is 29.9 Å². The number of anilines is 3. The lowest BCUT2D eigenvalue weighted by Gasteiger charge is -2.43. The Morgan fingerprint density at radius 2 is 1.79 bits per heavy atom. The standard InChI is InChI=1S/C28H35N5O/c1-28(2,3)22-9-6-10-23(15-22)31-26-16-27(30-19-29-26)33-14-12-24(25(34)18-33)32-13-11-20-7-4-5-8-21(20)17-32/h4-10,15-16,19,24-25,34H,11-14,17-18H2,1-3H3,(H,29,30,31)/t24?,25-/m0/s1. The normalized spacial score (nSPS) is 21.2. The highest BCUT2D eigenvalue weighted by Gasteiger charge is 2.34. The number of rotatable bonds is 4. The Morgan fingerprint density at radius 3 is 2.59 bits per heavy atom. The van der Waals surface area contributed by atoms with Crippen LogP contribution in [0.4, 0.5) is 17.3 Å². The van der Waals surface area contributed by atoms with E-state index in [-0.39, 0.29) is 11.5 Å². The van der Waals surface area contributed by atoms with Gasteiger partial charge < -0.3 is 15.3 Å². The first-order chi connectivity index (χ1) is 16.4. The van der Waals surface area contributed by atoms with Crippen molar-refractivity contribution < 1.29 is 5.11 Å². The lowest BCUT2D eigenvalue weighted by molar-refractivity contribution is 0.0293. The molecule has 0 bridgehead atoms. The van der Waals surface area contributed by atoms with Crippen LogP contribution in [0.25, 0.3) is 0 Å². The van der Waals surface area contributed by atoms with Crippen molar-refractivity contribution in [3.63, 3.8) is 0 Å². The van der Waals surface area contributed by atoms with E-state index in [2.05, 4.69) is 94.4 Å². The third-order valence-electron chi connectivity index (χ3n) is 7.15. The topological polar surface area (TPSA) is 64.5 Å². The molecule has 1 aromatic heterocycles. The molecule has 2 aliphatic rings. The number of benzene rings is 2. The second-order valence-corrected chi connectivity index (χ2v) is 10.6. The summed E-state index contributed by atoms with van der Waals surface area (Å²) in [6.07, 6.45) is 3.17. The average molecular weight is 458 g/mol. The van der Waals surface area contributed by atoms with Crippen LogP contribution in [0.15, 0.2) is 60.9 Å². The minimum Gasteiger partial charge on any atom is -0.390 e. The Hall–Kier alpha value is -2.96. The number of nitrogens with one attached hydrogen (secondary N) is 1. The van der Waals surface area contributed by atoms with Gasteiger partial charge in [0, 0.05) is 44.0 Å². The van der Waals surface area contributed by atoms with Crippen LogP contribution in [0.5, 0.6) is 0 Å². The first-order valence-corrected chi connectivity index (χ1v) is 12.3. The Bertz CT molecular complexity index is 1140. The molecular formula is C28H35N5O. The van der Waals surface area contributed by atoms with E-state index in [4.69, 9.17) is 0 Å². The number of fused-ring (bicyclic) bond motifs is 1. The number of nitrogens with zero attached hydrogens (tertiary/aromatic N) is 4. The van der Waals surface area contributed by atoms with E-state index in [0.717, 1.165) is 49.8 Å². The summed E-state index contributed by atoms with van der Waals surface area (Å²) in [5.74, 6) is 1.62. The van der Waals surface area contributed by atoms with Gasteiger partial charge in [-0.2, -0.15) is 0 Å². The third kappa shape index (κ3) is 4.93. The molecule has 6 nitrogen and oxygen atoms in total. The summed E-state index contributed by atoms with van der Waals surface area (Å²) in [5, 5.41) is 14.5. The van der Waals surface area contributed by atoms with Crippen LogP contribution in [-0.2, 0) is 18.4 Å². The fourth-order valence-corrected chi connectivity index (χ4v) is 5.15. The Balaban J connectivity index is 1.24. The maximum absolute atomic E-state index is 11.1. The highest BCUT2D eigenvalue weighted by Crippen LogP contribution is 2.29. The summed E-state index contributed by atoms with van der Waals surface area (Å²) < 4.78 is 0.